The third-order valence-electron chi connectivity index (χ3n) is 2.61. The first kappa shape index (κ1) is 9.72. The molecule has 3 heteroatoms. The van der Waals surface area contributed by atoms with Crippen molar-refractivity contribution in [1.82, 2.24) is 4.98 Å². The number of aromatic nitrogens is 1. The van der Waals surface area contributed by atoms with E-state index in [2.05, 4.69) is 29.0 Å². The lowest BCUT2D eigenvalue weighted by Crippen LogP contribution is -2.28. The van der Waals surface area contributed by atoms with Gasteiger partial charge in [-0.15, -0.1) is 0 Å². The minimum atomic E-state index is 0.485. The second kappa shape index (κ2) is 4.14. The minimum Gasteiger partial charge on any atom is -0.353 e. The molecule has 0 atom stereocenters. The van der Waals surface area contributed by atoms with Crippen molar-refractivity contribution in [2.45, 2.75) is 13.3 Å². The lowest BCUT2D eigenvalue weighted by Gasteiger charge is -2.26. The van der Waals surface area contributed by atoms with Crippen molar-refractivity contribution in [3.05, 3.63) is 35.5 Å². The van der Waals surface area contributed by atoms with Gasteiger partial charge in [0.25, 0.3) is 0 Å². The number of pyridine rings is 1. The quantitative estimate of drug-likeness (QED) is 0.650. The molecule has 0 saturated carbocycles. The Morgan fingerprint density at radius 2 is 2.33 bits per heavy atom. The summed E-state index contributed by atoms with van der Waals surface area (Å²) >= 11 is 0. The van der Waals surface area contributed by atoms with Crippen LogP contribution in [0.25, 0.3) is 0 Å². The second-order valence-corrected chi connectivity index (χ2v) is 3.74. The highest BCUT2D eigenvalue weighted by molar-refractivity contribution is 5.43. The Kier molecular flexibility index (Phi) is 2.68. The van der Waals surface area contributed by atoms with Gasteiger partial charge in [0.1, 0.15) is 17.6 Å². The molecule has 1 aliphatic rings. The van der Waals surface area contributed by atoms with Gasteiger partial charge in [-0.3, -0.25) is 0 Å². The van der Waals surface area contributed by atoms with Gasteiger partial charge in [0.2, 0.25) is 0 Å². The van der Waals surface area contributed by atoms with Crippen molar-refractivity contribution in [1.29, 1.82) is 5.26 Å². The molecule has 1 aliphatic heterocycles. The molecule has 0 N–H and O–H groups in total. The average molecular weight is 199 g/mol. The van der Waals surface area contributed by atoms with Crippen LogP contribution in [-0.4, -0.2) is 18.1 Å². The first-order chi connectivity index (χ1) is 7.29. The van der Waals surface area contributed by atoms with E-state index in [1.54, 1.807) is 6.07 Å². The van der Waals surface area contributed by atoms with E-state index in [9.17, 15) is 0 Å². The monoisotopic (exact) mass is 199 g/mol. The van der Waals surface area contributed by atoms with Crippen LogP contribution in [0.15, 0.2) is 29.8 Å². The molecule has 0 aliphatic carbocycles. The predicted molar refractivity (Wildman–Crippen MR) is 59.5 cm³/mol. The summed E-state index contributed by atoms with van der Waals surface area (Å²) in [5.41, 5.74) is 1.92. The molecule has 0 spiro atoms. The van der Waals surface area contributed by atoms with Crippen molar-refractivity contribution in [2.75, 3.05) is 18.0 Å². The number of anilines is 1. The number of hydrogen-bond acceptors (Lipinski definition) is 3. The number of nitriles is 1. The van der Waals surface area contributed by atoms with Crippen LogP contribution < -0.4 is 4.90 Å². The molecule has 0 bridgehead atoms. The van der Waals surface area contributed by atoms with Gasteiger partial charge >= 0.3 is 0 Å². The van der Waals surface area contributed by atoms with E-state index in [0.717, 1.165) is 25.3 Å². The topological polar surface area (TPSA) is 39.9 Å². The van der Waals surface area contributed by atoms with Crippen LogP contribution in [0.2, 0.25) is 0 Å². The summed E-state index contributed by atoms with van der Waals surface area (Å²) in [5.74, 6) is 0.901. The van der Waals surface area contributed by atoms with Gasteiger partial charge in [-0.05, 0) is 25.5 Å². The summed E-state index contributed by atoms with van der Waals surface area (Å²) in [5, 5.41) is 8.76. The molecule has 1 aromatic rings. The molecule has 0 unspecified atom stereocenters. The molecule has 2 rings (SSSR count). The molecule has 0 fully saturated rings. The van der Waals surface area contributed by atoms with E-state index < -0.39 is 0 Å². The summed E-state index contributed by atoms with van der Waals surface area (Å²) in [6, 6.07) is 7.63. The van der Waals surface area contributed by atoms with Crippen LogP contribution in [0.1, 0.15) is 19.0 Å². The van der Waals surface area contributed by atoms with Crippen LogP contribution in [0.4, 0.5) is 5.82 Å². The third-order valence-corrected chi connectivity index (χ3v) is 2.61. The zero-order valence-corrected chi connectivity index (χ0v) is 8.77. The number of hydrogen-bond donors (Lipinski definition) is 0. The van der Waals surface area contributed by atoms with Gasteiger partial charge in [-0.25, -0.2) is 4.98 Å². The third kappa shape index (κ3) is 2.16. The maximum atomic E-state index is 8.76. The highest BCUT2D eigenvalue weighted by Crippen LogP contribution is 2.17. The molecular formula is C12H13N3. The maximum absolute atomic E-state index is 8.76. The Morgan fingerprint density at radius 3 is 3.00 bits per heavy atom. The molecular weight excluding hydrogens is 186 g/mol. The fraction of sp³-hybridized carbons (Fsp3) is 0.333. The van der Waals surface area contributed by atoms with Crippen molar-refractivity contribution < 1.29 is 0 Å². The Balaban J connectivity index is 2.20. The molecule has 0 amide bonds. The SMILES string of the molecule is CC1=CCN(c2cccc(C#N)n2)CC1. The predicted octanol–water partition coefficient (Wildman–Crippen LogP) is 2.11. The molecule has 3 nitrogen and oxygen atoms in total. The maximum Gasteiger partial charge on any atom is 0.142 e. The van der Waals surface area contributed by atoms with Crippen LogP contribution >= 0.6 is 0 Å². The first-order valence-electron chi connectivity index (χ1n) is 5.07. The largest absolute Gasteiger partial charge is 0.353 e. The normalized spacial score (nSPS) is 15.7. The highest BCUT2D eigenvalue weighted by Gasteiger charge is 2.11. The molecule has 2 heterocycles. The lowest BCUT2D eigenvalue weighted by molar-refractivity contribution is 0.775. The average Bonchev–Trinajstić information content (AvgIpc) is 2.30. The molecule has 15 heavy (non-hydrogen) atoms. The standard InChI is InChI=1S/C12H13N3/c1-10-5-7-15(8-6-10)12-4-2-3-11(9-13)14-12/h2-5H,6-8H2,1H3. The van der Waals surface area contributed by atoms with Crippen molar-refractivity contribution in [3.63, 3.8) is 0 Å². The van der Waals surface area contributed by atoms with Crippen LogP contribution in [0, 0.1) is 11.3 Å². The zero-order valence-electron chi connectivity index (χ0n) is 8.77. The van der Waals surface area contributed by atoms with Gasteiger partial charge in [0.15, 0.2) is 0 Å². The van der Waals surface area contributed by atoms with Gasteiger partial charge in [-0.2, -0.15) is 5.26 Å². The zero-order chi connectivity index (χ0) is 10.7. The van der Waals surface area contributed by atoms with E-state index in [4.69, 9.17) is 5.26 Å². The summed E-state index contributed by atoms with van der Waals surface area (Å²) < 4.78 is 0. The van der Waals surface area contributed by atoms with E-state index in [1.165, 1.54) is 5.57 Å². The smallest absolute Gasteiger partial charge is 0.142 e. The Hall–Kier alpha value is -1.82. The summed E-state index contributed by atoms with van der Waals surface area (Å²) in [4.78, 5) is 6.46. The summed E-state index contributed by atoms with van der Waals surface area (Å²) in [6.45, 7) is 4.04. The number of nitrogens with zero attached hydrogens (tertiary/aromatic N) is 3. The van der Waals surface area contributed by atoms with Gasteiger partial charge in [0.05, 0.1) is 0 Å². The van der Waals surface area contributed by atoms with E-state index in [-0.39, 0.29) is 0 Å². The van der Waals surface area contributed by atoms with Gasteiger partial charge < -0.3 is 4.90 Å². The van der Waals surface area contributed by atoms with Crippen molar-refractivity contribution >= 4 is 5.82 Å². The molecule has 0 radical (unpaired) electrons. The summed E-state index contributed by atoms with van der Waals surface area (Å²) in [6.07, 6.45) is 3.29. The summed E-state index contributed by atoms with van der Waals surface area (Å²) in [7, 11) is 0. The van der Waals surface area contributed by atoms with Crippen LogP contribution in [0.5, 0.6) is 0 Å². The Morgan fingerprint density at radius 1 is 1.47 bits per heavy atom. The van der Waals surface area contributed by atoms with E-state index >= 15 is 0 Å². The van der Waals surface area contributed by atoms with E-state index in [1.807, 2.05) is 12.1 Å². The molecule has 0 aromatic carbocycles. The van der Waals surface area contributed by atoms with Crippen molar-refractivity contribution in [3.8, 4) is 6.07 Å². The molecule has 1 aromatic heterocycles. The van der Waals surface area contributed by atoms with Gasteiger partial charge in [-0.1, -0.05) is 17.7 Å². The lowest BCUT2D eigenvalue weighted by atomic mass is 10.1. The fourth-order valence-corrected chi connectivity index (χ4v) is 1.64. The first-order valence-corrected chi connectivity index (χ1v) is 5.07. The van der Waals surface area contributed by atoms with E-state index in [0.29, 0.717) is 5.69 Å². The van der Waals surface area contributed by atoms with Crippen molar-refractivity contribution in [2.24, 2.45) is 0 Å². The van der Waals surface area contributed by atoms with Crippen LogP contribution in [0.3, 0.4) is 0 Å². The molecule has 0 saturated heterocycles. The number of rotatable bonds is 1. The minimum absolute atomic E-state index is 0.485. The van der Waals surface area contributed by atoms with Crippen LogP contribution in [-0.2, 0) is 0 Å². The Bertz CT molecular complexity index is 429. The molecule has 76 valence electrons. The van der Waals surface area contributed by atoms with Gasteiger partial charge in [0, 0.05) is 13.1 Å². The highest BCUT2D eigenvalue weighted by atomic mass is 15.2. The second-order valence-electron chi connectivity index (χ2n) is 3.74. The fourth-order valence-electron chi connectivity index (χ4n) is 1.64. The Labute approximate surface area is 89.7 Å².